The standard InChI is InChI=1S/C18H14Cl2N2O5S/c1-10(21-17-13-4-2-3-5-16(13)28(25,26)22-17)18(24)27-9-15(23)12-7-6-11(19)8-14(12)20/h2-8,10H,9H2,1H3,(H,21,22)/t10-/m0/s1. The summed E-state index contributed by atoms with van der Waals surface area (Å²) in [5, 5.41) is 0.529. The second-order valence-corrected chi connectivity index (χ2v) is 8.40. The number of benzene rings is 2. The highest BCUT2D eigenvalue weighted by Gasteiger charge is 2.31. The quantitative estimate of drug-likeness (QED) is 0.568. The molecule has 0 saturated carbocycles. The molecule has 0 amide bonds. The van der Waals surface area contributed by atoms with Crippen molar-refractivity contribution in [3.63, 3.8) is 0 Å². The summed E-state index contributed by atoms with van der Waals surface area (Å²) in [5.74, 6) is -1.23. The predicted molar refractivity (Wildman–Crippen MR) is 105 cm³/mol. The fourth-order valence-corrected chi connectivity index (χ4v) is 4.28. The molecular weight excluding hydrogens is 427 g/mol. The van der Waals surface area contributed by atoms with Crippen molar-refractivity contribution in [1.29, 1.82) is 0 Å². The van der Waals surface area contributed by atoms with E-state index in [-0.39, 0.29) is 21.3 Å². The summed E-state index contributed by atoms with van der Waals surface area (Å²) in [7, 11) is -3.71. The summed E-state index contributed by atoms with van der Waals surface area (Å²) >= 11 is 11.7. The van der Waals surface area contributed by atoms with Gasteiger partial charge in [-0.2, -0.15) is 0 Å². The normalized spacial score (nSPS) is 16.9. The summed E-state index contributed by atoms with van der Waals surface area (Å²) in [5.41, 5.74) is 0.543. The lowest BCUT2D eigenvalue weighted by atomic mass is 10.1. The van der Waals surface area contributed by atoms with E-state index in [0.29, 0.717) is 10.6 Å². The van der Waals surface area contributed by atoms with Gasteiger partial charge in [-0.05, 0) is 37.3 Å². The van der Waals surface area contributed by atoms with Gasteiger partial charge in [0.15, 0.2) is 6.61 Å². The molecule has 1 aliphatic rings. The van der Waals surface area contributed by atoms with Crippen molar-refractivity contribution in [3.05, 3.63) is 63.6 Å². The average molecular weight is 441 g/mol. The highest BCUT2D eigenvalue weighted by Crippen LogP contribution is 2.23. The Hall–Kier alpha value is -2.42. The lowest BCUT2D eigenvalue weighted by molar-refractivity contribution is -0.143. The zero-order chi connectivity index (χ0) is 20.5. The molecule has 0 fully saturated rings. The molecule has 10 heteroatoms. The Morgan fingerprint density at radius 3 is 2.61 bits per heavy atom. The number of ether oxygens (including phenoxy) is 1. The number of nitrogens with one attached hydrogen (secondary N) is 1. The zero-order valence-electron chi connectivity index (χ0n) is 14.5. The van der Waals surface area contributed by atoms with Crippen LogP contribution in [-0.4, -0.2) is 38.7 Å². The number of hydrogen-bond acceptors (Lipinski definition) is 6. The van der Waals surface area contributed by atoms with Gasteiger partial charge in [0.2, 0.25) is 5.78 Å². The largest absolute Gasteiger partial charge is 0.456 e. The molecule has 0 radical (unpaired) electrons. The van der Waals surface area contributed by atoms with Crippen LogP contribution in [0.5, 0.6) is 0 Å². The van der Waals surface area contributed by atoms with Crippen molar-refractivity contribution in [2.24, 2.45) is 4.99 Å². The number of hydrogen-bond donors (Lipinski definition) is 1. The van der Waals surface area contributed by atoms with Crippen molar-refractivity contribution < 1.29 is 22.7 Å². The van der Waals surface area contributed by atoms with Gasteiger partial charge in [-0.25, -0.2) is 13.2 Å². The number of Topliss-reactive ketones (excluding diaryl/α,β-unsaturated/α-hetero) is 1. The Kier molecular flexibility index (Phi) is 5.74. The first-order valence-electron chi connectivity index (χ1n) is 8.04. The van der Waals surface area contributed by atoms with Gasteiger partial charge in [-0.1, -0.05) is 35.3 Å². The Balaban J connectivity index is 1.69. The molecule has 7 nitrogen and oxygen atoms in total. The van der Waals surface area contributed by atoms with Gasteiger partial charge in [-0.15, -0.1) is 0 Å². The van der Waals surface area contributed by atoms with Crippen LogP contribution in [0.4, 0.5) is 0 Å². The molecule has 0 aromatic heterocycles. The minimum atomic E-state index is -3.71. The topological polar surface area (TPSA) is 102 Å². The molecule has 1 aliphatic heterocycles. The molecular formula is C18H14Cl2N2O5S. The number of halogens is 2. The van der Waals surface area contributed by atoms with Gasteiger partial charge in [0, 0.05) is 16.1 Å². The highest BCUT2D eigenvalue weighted by molar-refractivity contribution is 7.90. The van der Waals surface area contributed by atoms with E-state index in [2.05, 4.69) is 9.71 Å². The molecule has 28 heavy (non-hydrogen) atoms. The van der Waals surface area contributed by atoms with E-state index in [0.717, 1.165) is 0 Å². The van der Waals surface area contributed by atoms with Gasteiger partial charge >= 0.3 is 5.97 Å². The zero-order valence-corrected chi connectivity index (χ0v) is 16.8. The van der Waals surface area contributed by atoms with E-state index in [1.807, 2.05) is 0 Å². The Morgan fingerprint density at radius 2 is 1.89 bits per heavy atom. The van der Waals surface area contributed by atoms with E-state index in [1.165, 1.54) is 31.2 Å². The fraction of sp³-hybridized carbons (Fsp3) is 0.167. The summed E-state index contributed by atoms with van der Waals surface area (Å²) in [6.45, 7) is 0.905. The van der Waals surface area contributed by atoms with Crippen molar-refractivity contribution in [2.45, 2.75) is 17.9 Å². The maximum absolute atomic E-state index is 12.2. The van der Waals surface area contributed by atoms with E-state index in [4.69, 9.17) is 27.9 Å². The predicted octanol–water partition coefficient (Wildman–Crippen LogP) is 2.85. The molecule has 0 aliphatic carbocycles. The van der Waals surface area contributed by atoms with Crippen LogP contribution in [0.2, 0.25) is 10.0 Å². The summed E-state index contributed by atoms with van der Waals surface area (Å²) in [4.78, 5) is 28.5. The molecule has 3 rings (SSSR count). The summed E-state index contributed by atoms with van der Waals surface area (Å²) in [6.07, 6.45) is 0. The maximum atomic E-state index is 12.2. The van der Waals surface area contributed by atoms with Crippen LogP contribution in [0.15, 0.2) is 52.4 Å². The highest BCUT2D eigenvalue weighted by atomic mass is 35.5. The Labute approximate surface area is 171 Å². The first kappa shape index (κ1) is 20.3. The Morgan fingerprint density at radius 1 is 1.18 bits per heavy atom. The van der Waals surface area contributed by atoms with E-state index >= 15 is 0 Å². The van der Waals surface area contributed by atoms with Crippen LogP contribution in [0.1, 0.15) is 22.8 Å². The van der Waals surface area contributed by atoms with Gasteiger partial charge in [0.05, 0.1) is 9.92 Å². The number of nitrogens with zero attached hydrogens (tertiary/aromatic N) is 1. The molecule has 2 aromatic rings. The third-order valence-corrected chi connectivity index (χ3v) is 5.85. The number of esters is 1. The number of carbonyl (C=O) groups excluding carboxylic acids is 2. The SMILES string of the molecule is C[C@H](N=C1NS(=O)(=O)c2ccccc21)C(=O)OCC(=O)c1ccc(Cl)cc1Cl. The minimum Gasteiger partial charge on any atom is -0.456 e. The first-order valence-corrected chi connectivity index (χ1v) is 10.3. The molecule has 0 unspecified atom stereocenters. The van der Waals surface area contributed by atoms with Crippen molar-refractivity contribution in [2.75, 3.05) is 6.61 Å². The Bertz CT molecular complexity index is 1100. The van der Waals surface area contributed by atoms with Crippen LogP contribution < -0.4 is 4.72 Å². The third kappa shape index (κ3) is 4.19. The molecule has 0 spiro atoms. The summed E-state index contributed by atoms with van der Waals surface area (Å²) < 4.78 is 31.4. The van der Waals surface area contributed by atoms with E-state index < -0.39 is 34.4 Å². The monoisotopic (exact) mass is 440 g/mol. The number of amidine groups is 1. The lowest BCUT2D eigenvalue weighted by Crippen LogP contribution is -2.27. The van der Waals surface area contributed by atoms with Crippen molar-refractivity contribution in [3.8, 4) is 0 Å². The fourth-order valence-electron chi connectivity index (χ4n) is 2.53. The number of sulfonamides is 1. The van der Waals surface area contributed by atoms with Crippen LogP contribution in [0, 0.1) is 0 Å². The molecule has 1 atom stereocenters. The van der Waals surface area contributed by atoms with Crippen LogP contribution in [-0.2, 0) is 19.6 Å². The number of carbonyl (C=O) groups is 2. The second kappa shape index (κ2) is 7.90. The number of aliphatic imine (C=N–C) groups is 1. The summed E-state index contributed by atoms with van der Waals surface area (Å²) in [6, 6.07) is 9.59. The molecule has 0 saturated heterocycles. The van der Waals surface area contributed by atoms with E-state index in [1.54, 1.807) is 18.2 Å². The van der Waals surface area contributed by atoms with Crippen molar-refractivity contribution >= 4 is 50.8 Å². The number of fused-ring (bicyclic) bond motifs is 1. The first-order chi connectivity index (χ1) is 13.2. The number of ketones is 1. The van der Waals surface area contributed by atoms with Gasteiger partial charge < -0.3 is 4.74 Å². The van der Waals surface area contributed by atoms with Gasteiger partial charge in [0.1, 0.15) is 11.9 Å². The van der Waals surface area contributed by atoms with Crippen LogP contribution in [0.3, 0.4) is 0 Å². The molecule has 2 aromatic carbocycles. The molecule has 1 N–H and O–H groups in total. The minimum absolute atomic E-state index is 0.0483. The number of rotatable bonds is 5. The molecule has 0 bridgehead atoms. The maximum Gasteiger partial charge on any atom is 0.331 e. The van der Waals surface area contributed by atoms with E-state index in [9.17, 15) is 18.0 Å². The van der Waals surface area contributed by atoms with Crippen LogP contribution >= 0.6 is 23.2 Å². The van der Waals surface area contributed by atoms with Crippen LogP contribution in [0.25, 0.3) is 0 Å². The lowest BCUT2D eigenvalue weighted by Gasteiger charge is -2.09. The van der Waals surface area contributed by atoms with Crippen molar-refractivity contribution in [1.82, 2.24) is 4.72 Å². The molecule has 1 heterocycles. The average Bonchev–Trinajstić information content (AvgIpc) is 2.90. The second-order valence-electron chi connectivity index (χ2n) is 5.91. The smallest absolute Gasteiger partial charge is 0.331 e. The van der Waals surface area contributed by atoms with Gasteiger partial charge in [-0.3, -0.25) is 14.5 Å². The third-order valence-electron chi connectivity index (χ3n) is 3.90. The molecule has 146 valence electrons. The van der Waals surface area contributed by atoms with Gasteiger partial charge in [0.25, 0.3) is 10.0 Å².